The number of benzene rings is 1. The Hall–Kier alpha value is -1.57. The Kier molecular flexibility index (Phi) is 3.55. The summed E-state index contributed by atoms with van der Waals surface area (Å²) in [4.78, 5) is 11.3. The minimum absolute atomic E-state index is 0.00598. The molecule has 1 amide bonds. The fraction of sp³-hybridized carbons (Fsp3) is 0.438. The van der Waals surface area contributed by atoms with Gasteiger partial charge in [-0.25, -0.2) is 0 Å². The smallest absolute Gasteiger partial charge is 0.221 e. The van der Waals surface area contributed by atoms with Crippen LogP contribution in [0.5, 0.6) is 0 Å². The summed E-state index contributed by atoms with van der Waals surface area (Å²) >= 11 is 0. The zero-order valence-electron chi connectivity index (χ0n) is 11.6. The SMILES string of the molecule is CC(=O)NC1=C(C)Cc2ccc(CC(C)C)cc21. The van der Waals surface area contributed by atoms with E-state index in [-0.39, 0.29) is 5.91 Å². The van der Waals surface area contributed by atoms with Crippen molar-refractivity contribution in [2.75, 3.05) is 0 Å². The van der Waals surface area contributed by atoms with Gasteiger partial charge in [0.2, 0.25) is 5.91 Å². The molecule has 0 aromatic heterocycles. The molecule has 0 spiro atoms. The van der Waals surface area contributed by atoms with E-state index in [9.17, 15) is 4.79 Å². The van der Waals surface area contributed by atoms with Crippen LogP contribution >= 0.6 is 0 Å². The van der Waals surface area contributed by atoms with Crippen molar-refractivity contribution < 1.29 is 4.79 Å². The lowest BCUT2D eigenvalue weighted by molar-refractivity contribution is -0.117. The number of hydrogen-bond acceptors (Lipinski definition) is 1. The summed E-state index contributed by atoms with van der Waals surface area (Å²) in [6, 6.07) is 6.64. The highest BCUT2D eigenvalue weighted by atomic mass is 16.1. The number of nitrogens with one attached hydrogen (secondary N) is 1. The highest BCUT2D eigenvalue weighted by Gasteiger charge is 2.20. The zero-order valence-corrected chi connectivity index (χ0v) is 11.6. The van der Waals surface area contributed by atoms with Crippen LogP contribution in [-0.2, 0) is 17.6 Å². The maximum absolute atomic E-state index is 11.3. The van der Waals surface area contributed by atoms with E-state index < -0.39 is 0 Å². The molecule has 0 heterocycles. The van der Waals surface area contributed by atoms with Crippen molar-refractivity contribution in [1.29, 1.82) is 0 Å². The molecule has 2 nitrogen and oxygen atoms in total. The Labute approximate surface area is 109 Å². The Morgan fingerprint density at radius 1 is 1.39 bits per heavy atom. The molecular formula is C16H21NO. The summed E-state index contributed by atoms with van der Waals surface area (Å²) in [5, 5.41) is 2.97. The van der Waals surface area contributed by atoms with Gasteiger partial charge in [-0.3, -0.25) is 4.79 Å². The first-order chi connectivity index (χ1) is 8.47. The van der Waals surface area contributed by atoms with Crippen LogP contribution in [0.3, 0.4) is 0 Å². The Morgan fingerprint density at radius 3 is 2.72 bits per heavy atom. The maximum atomic E-state index is 11.3. The van der Waals surface area contributed by atoms with Crippen LogP contribution < -0.4 is 5.32 Å². The number of fused-ring (bicyclic) bond motifs is 1. The van der Waals surface area contributed by atoms with Gasteiger partial charge in [0.25, 0.3) is 0 Å². The molecular weight excluding hydrogens is 222 g/mol. The van der Waals surface area contributed by atoms with Crippen LogP contribution in [0.4, 0.5) is 0 Å². The second-order valence-electron chi connectivity index (χ2n) is 5.60. The Balaban J connectivity index is 2.34. The predicted molar refractivity (Wildman–Crippen MR) is 75.1 cm³/mol. The van der Waals surface area contributed by atoms with Crippen LogP contribution in [0.15, 0.2) is 23.8 Å². The summed E-state index contributed by atoms with van der Waals surface area (Å²) in [5.41, 5.74) is 6.15. The lowest BCUT2D eigenvalue weighted by atomic mass is 9.98. The summed E-state index contributed by atoms with van der Waals surface area (Å²) in [6.07, 6.45) is 2.03. The molecule has 0 radical (unpaired) electrons. The minimum Gasteiger partial charge on any atom is -0.326 e. The van der Waals surface area contributed by atoms with E-state index in [0.717, 1.165) is 18.5 Å². The second-order valence-corrected chi connectivity index (χ2v) is 5.60. The number of allylic oxidation sites excluding steroid dienone is 1. The first kappa shape index (κ1) is 12.9. The van der Waals surface area contributed by atoms with E-state index in [2.05, 4.69) is 44.3 Å². The highest BCUT2D eigenvalue weighted by Crippen LogP contribution is 2.32. The molecule has 1 aromatic carbocycles. The van der Waals surface area contributed by atoms with Crippen molar-refractivity contribution >= 4 is 11.6 Å². The molecule has 0 aliphatic heterocycles. The number of hydrogen-bond donors (Lipinski definition) is 1. The third kappa shape index (κ3) is 2.63. The van der Waals surface area contributed by atoms with Crippen molar-refractivity contribution in [1.82, 2.24) is 5.32 Å². The number of rotatable bonds is 3. The first-order valence-corrected chi connectivity index (χ1v) is 6.57. The third-order valence-corrected chi connectivity index (χ3v) is 3.27. The normalized spacial score (nSPS) is 14.1. The summed E-state index contributed by atoms with van der Waals surface area (Å²) in [6.45, 7) is 8.11. The van der Waals surface area contributed by atoms with Gasteiger partial charge in [-0.05, 0) is 48.4 Å². The largest absolute Gasteiger partial charge is 0.326 e. The molecule has 18 heavy (non-hydrogen) atoms. The Bertz CT molecular complexity index is 512. The lowest BCUT2D eigenvalue weighted by Gasteiger charge is -2.10. The van der Waals surface area contributed by atoms with Gasteiger partial charge in [0.05, 0.1) is 0 Å². The average molecular weight is 243 g/mol. The fourth-order valence-corrected chi connectivity index (χ4v) is 2.56. The molecule has 0 atom stereocenters. The van der Waals surface area contributed by atoms with E-state index in [4.69, 9.17) is 0 Å². The number of carbonyl (C=O) groups is 1. The maximum Gasteiger partial charge on any atom is 0.221 e. The molecule has 1 aliphatic carbocycles. The molecule has 1 aromatic rings. The van der Waals surface area contributed by atoms with Crippen LogP contribution in [0.2, 0.25) is 0 Å². The second kappa shape index (κ2) is 4.97. The summed E-state index contributed by atoms with van der Waals surface area (Å²) in [5.74, 6) is 0.658. The standard InChI is InChI=1S/C16H21NO/c1-10(2)7-13-5-6-14-8-11(3)16(15(14)9-13)17-12(4)18/h5-6,9-10H,7-8H2,1-4H3,(H,17,18). The van der Waals surface area contributed by atoms with Gasteiger partial charge >= 0.3 is 0 Å². The van der Waals surface area contributed by atoms with Crippen LogP contribution in [-0.4, -0.2) is 5.91 Å². The van der Waals surface area contributed by atoms with Crippen molar-refractivity contribution in [3.05, 3.63) is 40.5 Å². The molecule has 0 bridgehead atoms. The van der Waals surface area contributed by atoms with Crippen LogP contribution in [0.25, 0.3) is 5.70 Å². The molecule has 2 rings (SSSR count). The van der Waals surface area contributed by atoms with E-state index in [1.165, 1.54) is 22.3 Å². The van der Waals surface area contributed by atoms with Gasteiger partial charge in [0.1, 0.15) is 0 Å². The lowest BCUT2D eigenvalue weighted by Crippen LogP contribution is -2.18. The van der Waals surface area contributed by atoms with Crippen LogP contribution in [0, 0.1) is 5.92 Å². The quantitative estimate of drug-likeness (QED) is 0.867. The number of carbonyl (C=O) groups excluding carboxylic acids is 1. The van der Waals surface area contributed by atoms with Gasteiger partial charge in [-0.15, -0.1) is 0 Å². The van der Waals surface area contributed by atoms with Gasteiger partial charge in [0.15, 0.2) is 0 Å². The summed E-state index contributed by atoms with van der Waals surface area (Å²) < 4.78 is 0. The van der Waals surface area contributed by atoms with E-state index >= 15 is 0 Å². The fourth-order valence-electron chi connectivity index (χ4n) is 2.56. The highest BCUT2D eigenvalue weighted by molar-refractivity contribution is 5.88. The zero-order chi connectivity index (χ0) is 13.3. The van der Waals surface area contributed by atoms with Crippen molar-refractivity contribution in [3.63, 3.8) is 0 Å². The minimum atomic E-state index is 0.00598. The average Bonchev–Trinajstić information content (AvgIpc) is 2.54. The molecule has 1 aliphatic rings. The van der Waals surface area contributed by atoms with Gasteiger partial charge < -0.3 is 5.32 Å². The van der Waals surface area contributed by atoms with Crippen molar-refractivity contribution in [3.8, 4) is 0 Å². The van der Waals surface area contributed by atoms with E-state index in [1.54, 1.807) is 6.92 Å². The molecule has 1 N–H and O–H groups in total. The summed E-state index contributed by atoms with van der Waals surface area (Å²) in [7, 11) is 0. The van der Waals surface area contributed by atoms with Crippen molar-refractivity contribution in [2.45, 2.75) is 40.5 Å². The predicted octanol–water partition coefficient (Wildman–Crippen LogP) is 3.31. The molecule has 0 saturated carbocycles. The van der Waals surface area contributed by atoms with Gasteiger partial charge in [-0.2, -0.15) is 0 Å². The molecule has 0 unspecified atom stereocenters. The van der Waals surface area contributed by atoms with E-state index in [1.807, 2.05) is 0 Å². The molecule has 0 saturated heterocycles. The molecule has 2 heteroatoms. The monoisotopic (exact) mass is 243 g/mol. The van der Waals surface area contributed by atoms with Crippen LogP contribution in [0.1, 0.15) is 44.4 Å². The van der Waals surface area contributed by atoms with E-state index in [0.29, 0.717) is 5.92 Å². The topological polar surface area (TPSA) is 29.1 Å². The molecule has 96 valence electrons. The van der Waals surface area contributed by atoms with Crippen molar-refractivity contribution in [2.24, 2.45) is 5.92 Å². The molecule has 0 fully saturated rings. The van der Waals surface area contributed by atoms with Gasteiger partial charge in [-0.1, -0.05) is 26.0 Å². The van der Waals surface area contributed by atoms with Gasteiger partial charge in [0, 0.05) is 18.2 Å². The Morgan fingerprint density at radius 2 is 2.11 bits per heavy atom. The third-order valence-electron chi connectivity index (χ3n) is 3.27. The number of amides is 1. The first-order valence-electron chi connectivity index (χ1n) is 6.57.